The lowest BCUT2D eigenvalue weighted by molar-refractivity contribution is -0.119. The van der Waals surface area contributed by atoms with Gasteiger partial charge in [-0.1, -0.05) is 0 Å². The van der Waals surface area contributed by atoms with E-state index in [1.54, 1.807) is 11.8 Å². The molecule has 0 bridgehead atoms. The van der Waals surface area contributed by atoms with E-state index < -0.39 is 11.3 Å². The number of carbonyl (C=O) groups excluding carboxylic acids is 1. The summed E-state index contributed by atoms with van der Waals surface area (Å²) < 4.78 is 0. The third-order valence-corrected chi connectivity index (χ3v) is 1.75. The van der Waals surface area contributed by atoms with Crippen molar-refractivity contribution in [1.29, 1.82) is 0 Å². The Morgan fingerprint density at radius 3 is 2.78 bits per heavy atom. The molecule has 0 aliphatic rings. The van der Waals surface area contributed by atoms with Crippen LogP contribution in [0.2, 0.25) is 0 Å². The molecule has 0 fully saturated rings. The van der Waals surface area contributed by atoms with Crippen molar-refractivity contribution in [2.45, 2.75) is 12.5 Å². The molecule has 9 heavy (non-hydrogen) atoms. The Bertz CT molecular complexity index is 97.0. The van der Waals surface area contributed by atoms with Gasteiger partial charge in [-0.15, -0.1) is 0 Å². The average Bonchev–Trinajstić information content (AvgIpc) is 1.82. The van der Waals surface area contributed by atoms with Crippen molar-refractivity contribution in [2.24, 2.45) is 0 Å². The van der Waals surface area contributed by atoms with Crippen LogP contribution < -0.4 is 0 Å². The van der Waals surface area contributed by atoms with Crippen molar-refractivity contribution in [3.63, 3.8) is 0 Å². The topological polar surface area (TPSA) is 37.3 Å². The second-order valence-electron chi connectivity index (χ2n) is 1.60. The Balaban J connectivity index is 3.27. The van der Waals surface area contributed by atoms with E-state index in [9.17, 15) is 4.79 Å². The van der Waals surface area contributed by atoms with Crippen LogP contribution in [-0.2, 0) is 4.79 Å². The number of hydrogen-bond acceptors (Lipinski definition) is 3. The number of carbonyl (C=O) groups is 1. The molecule has 0 heterocycles. The highest BCUT2D eigenvalue weighted by atomic mass is 35.5. The summed E-state index contributed by atoms with van der Waals surface area (Å²) in [4.78, 5) is 10.2. The van der Waals surface area contributed by atoms with Gasteiger partial charge in [0.2, 0.25) is 5.24 Å². The summed E-state index contributed by atoms with van der Waals surface area (Å²) in [5, 5.41) is 8.10. The Kier molecular flexibility index (Phi) is 5.24. The van der Waals surface area contributed by atoms with Crippen LogP contribution in [0.4, 0.5) is 0 Å². The van der Waals surface area contributed by atoms with E-state index in [1.165, 1.54) is 0 Å². The number of hydrogen-bond donors (Lipinski definition) is 1. The fourth-order valence-corrected chi connectivity index (χ4v) is 0.911. The quantitative estimate of drug-likeness (QED) is 0.633. The van der Waals surface area contributed by atoms with E-state index in [1.807, 2.05) is 6.26 Å². The Morgan fingerprint density at radius 2 is 2.44 bits per heavy atom. The summed E-state index contributed by atoms with van der Waals surface area (Å²) in [5.41, 5.74) is 0. The minimum atomic E-state index is -0.973. The van der Waals surface area contributed by atoms with Gasteiger partial charge in [0, 0.05) is 0 Å². The van der Waals surface area contributed by atoms with Gasteiger partial charge in [-0.25, -0.2) is 0 Å². The maximum Gasteiger partial charge on any atom is 0.250 e. The zero-order valence-corrected chi connectivity index (χ0v) is 6.71. The van der Waals surface area contributed by atoms with Gasteiger partial charge in [-0.2, -0.15) is 11.8 Å². The normalized spacial score (nSPS) is 13.2. The van der Waals surface area contributed by atoms with E-state index >= 15 is 0 Å². The molecule has 0 aromatic heterocycles. The lowest BCUT2D eigenvalue weighted by atomic mass is 10.3. The zero-order chi connectivity index (χ0) is 7.28. The molecule has 4 heteroatoms. The van der Waals surface area contributed by atoms with Crippen molar-refractivity contribution >= 4 is 28.6 Å². The fraction of sp³-hybridized carbons (Fsp3) is 0.800. The highest BCUT2D eigenvalue weighted by molar-refractivity contribution is 7.98. The summed E-state index contributed by atoms with van der Waals surface area (Å²) in [6.45, 7) is 0. The molecule has 0 saturated heterocycles. The molecule has 0 amide bonds. The summed E-state index contributed by atoms with van der Waals surface area (Å²) in [5.74, 6) is 0.764. The summed E-state index contributed by atoms with van der Waals surface area (Å²) in [6.07, 6.45) is 1.38. The minimum Gasteiger partial charge on any atom is -0.384 e. The van der Waals surface area contributed by atoms with E-state index in [-0.39, 0.29) is 0 Å². The van der Waals surface area contributed by atoms with E-state index in [0.717, 1.165) is 5.75 Å². The first kappa shape index (κ1) is 9.27. The van der Waals surface area contributed by atoms with Crippen LogP contribution in [0.1, 0.15) is 6.42 Å². The molecule has 0 rings (SSSR count). The van der Waals surface area contributed by atoms with Crippen LogP contribution in [-0.4, -0.2) is 28.5 Å². The molecule has 0 aromatic carbocycles. The largest absolute Gasteiger partial charge is 0.384 e. The molecule has 0 aliphatic carbocycles. The molecule has 0 radical (unpaired) electrons. The van der Waals surface area contributed by atoms with Crippen LogP contribution in [0.15, 0.2) is 0 Å². The lowest BCUT2D eigenvalue weighted by Crippen LogP contribution is -2.15. The average molecular weight is 169 g/mol. The molecule has 54 valence electrons. The number of thioether (sulfide) groups is 1. The fourth-order valence-electron chi connectivity index (χ4n) is 0.343. The SMILES string of the molecule is CSCCC(O)C(=O)Cl. The third-order valence-electron chi connectivity index (χ3n) is 0.857. The van der Waals surface area contributed by atoms with Crippen molar-refractivity contribution in [1.82, 2.24) is 0 Å². The number of rotatable bonds is 4. The predicted molar refractivity (Wildman–Crippen MR) is 39.9 cm³/mol. The molecule has 2 nitrogen and oxygen atoms in total. The second kappa shape index (κ2) is 5.09. The molecular weight excluding hydrogens is 160 g/mol. The van der Waals surface area contributed by atoms with Crippen LogP contribution in [0.3, 0.4) is 0 Å². The van der Waals surface area contributed by atoms with E-state index in [2.05, 4.69) is 0 Å². The van der Waals surface area contributed by atoms with Crippen LogP contribution in [0.5, 0.6) is 0 Å². The van der Waals surface area contributed by atoms with Gasteiger partial charge < -0.3 is 5.11 Å². The molecule has 0 aromatic rings. The van der Waals surface area contributed by atoms with Crippen LogP contribution in [0, 0.1) is 0 Å². The standard InChI is InChI=1S/C5H9ClO2S/c1-9-3-2-4(7)5(6)8/h4,7H,2-3H2,1H3. The molecule has 1 atom stereocenters. The van der Waals surface area contributed by atoms with Crippen molar-refractivity contribution in [3.05, 3.63) is 0 Å². The first-order valence-electron chi connectivity index (χ1n) is 2.55. The predicted octanol–water partition coefficient (Wildman–Crippen LogP) is 0.866. The lowest BCUT2D eigenvalue weighted by Gasteiger charge is -2.01. The minimum absolute atomic E-state index is 0.448. The van der Waals surface area contributed by atoms with Gasteiger partial charge in [0.25, 0.3) is 0 Å². The Morgan fingerprint density at radius 1 is 1.89 bits per heavy atom. The molecule has 0 aliphatic heterocycles. The van der Waals surface area contributed by atoms with Crippen molar-refractivity contribution < 1.29 is 9.90 Å². The number of aliphatic hydroxyl groups excluding tert-OH is 1. The van der Waals surface area contributed by atoms with Crippen LogP contribution in [0.25, 0.3) is 0 Å². The summed E-state index contributed by atoms with van der Waals surface area (Å²) in [6, 6.07) is 0. The number of aliphatic hydroxyl groups is 1. The van der Waals surface area contributed by atoms with Gasteiger partial charge in [-0.3, -0.25) is 4.79 Å². The van der Waals surface area contributed by atoms with Gasteiger partial charge in [-0.05, 0) is 30.0 Å². The molecule has 0 spiro atoms. The maximum atomic E-state index is 10.2. The van der Waals surface area contributed by atoms with Gasteiger partial charge in [0.15, 0.2) is 0 Å². The smallest absolute Gasteiger partial charge is 0.250 e. The molecule has 1 unspecified atom stereocenters. The van der Waals surface area contributed by atoms with Crippen LogP contribution >= 0.6 is 23.4 Å². The Labute approximate surface area is 63.6 Å². The molecular formula is C5H9ClO2S. The third kappa shape index (κ3) is 4.75. The van der Waals surface area contributed by atoms with Crippen molar-refractivity contribution in [3.8, 4) is 0 Å². The highest BCUT2D eigenvalue weighted by Crippen LogP contribution is 2.02. The maximum absolute atomic E-state index is 10.2. The van der Waals surface area contributed by atoms with Gasteiger partial charge in [0.05, 0.1) is 0 Å². The second-order valence-corrected chi connectivity index (χ2v) is 2.96. The first-order valence-corrected chi connectivity index (χ1v) is 4.32. The van der Waals surface area contributed by atoms with E-state index in [4.69, 9.17) is 16.7 Å². The zero-order valence-electron chi connectivity index (χ0n) is 5.13. The summed E-state index contributed by atoms with van der Waals surface area (Å²) in [7, 11) is 0. The number of halogens is 1. The highest BCUT2D eigenvalue weighted by Gasteiger charge is 2.09. The van der Waals surface area contributed by atoms with Gasteiger partial charge >= 0.3 is 0 Å². The Hall–Kier alpha value is 0.270. The first-order chi connectivity index (χ1) is 4.18. The van der Waals surface area contributed by atoms with Gasteiger partial charge in [0.1, 0.15) is 6.10 Å². The molecule has 1 N–H and O–H groups in total. The molecule has 0 saturated carbocycles. The monoisotopic (exact) mass is 168 g/mol. The van der Waals surface area contributed by atoms with E-state index in [0.29, 0.717) is 6.42 Å². The summed E-state index contributed by atoms with van der Waals surface area (Å²) >= 11 is 6.54. The van der Waals surface area contributed by atoms with Crippen molar-refractivity contribution in [2.75, 3.05) is 12.0 Å².